The molecule has 1 amide bonds. The van der Waals surface area contributed by atoms with Crippen molar-refractivity contribution >= 4 is 23.0 Å². The van der Waals surface area contributed by atoms with Gasteiger partial charge in [-0.1, -0.05) is 6.07 Å². The van der Waals surface area contributed by atoms with Crippen LogP contribution in [-0.4, -0.2) is 30.5 Å². The van der Waals surface area contributed by atoms with Crippen molar-refractivity contribution in [1.82, 2.24) is 29.9 Å². The highest BCUT2D eigenvalue weighted by molar-refractivity contribution is 7.08. The van der Waals surface area contributed by atoms with Gasteiger partial charge in [-0.05, 0) is 43.0 Å². The Balaban J connectivity index is 1.59. The molecule has 0 aliphatic rings. The number of nitrogens with one attached hydrogen (secondary N) is 1. The van der Waals surface area contributed by atoms with Crippen molar-refractivity contribution in [2.45, 2.75) is 20.4 Å². The molecule has 4 aromatic heterocycles. The van der Waals surface area contributed by atoms with E-state index in [0.29, 0.717) is 12.3 Å². The molecular formula is C18H16N6OS. The normalized spacial score (nSPS) is 11.0. The highest BCUT2D eigenvalue weighted by Crippen LogP contribution is 2.23. The monoisotopic (exact) mass is 364 g/mol. The SMILES string of the molecule is Cc1cc(C)n2c(C(=O)NCc3cccnc3-c3ccsc3)nnc2n1. The van der Waals surface area contributed by atoms with E-state index in [-0.39, 0.29) is 11.7 Å². The number of carbonyl (C=O) groups is 1. The van der Waals surface area contributed by atoms with Crippen LogP contribution in [0.4, 0.5) is 0 Å². The molecule has 7 nitrogen and oxygen atoms in total. The van der Waals surface area contributed by atoms with Crippen LogP contribution in [0.1, 0.15) is 27.6 Å². The third-order valence-electron chi connectivity index (χ3n) is 4.02. The first-order valence-corrected chi connectivity index (χ1v) is 9.02. The minimum atomic E-state index is -0.300. The van der Waals surface area contributed by atoms with Gasteiger partial charge in [-0.2, -0.15) is 11.3 Å². The average molecular weight is 364 g/mol. The predicted octanol–water partition coefficient (Wildman–Crippen LogP) is 2.79. The Bertz CT molecular complexity index is 1090. The lowest BCUT2D eigenvalue weighted by Crippen LogP contribution is -2.26. The fraction of sp³-hybridized carbons (Fsp3) is 0.167. The van der Waals surface area contributed by atoms with Gasteiger partial charge in [0.05, 0.1) is 5.69 Å². The van der Waals surface area contributed by atoms with E-state index >= 15 is 0 Å². The quantitative estimate of drug-likeness (QED) is 0.602. The van der Waals surface area contributed by atoms with Crippen LogP contribution < -0.4 is 5.32 Å². The Morgan fingerprint density at radius 3 is 2.96 bits per heavy atom. The molecule has 0 spiro atoms. The van der Waals surface area contributed by atoms with E-state index in [1.807, 2.05) is 48.9 Å². The first-order valence-electron chi connectivity index (χ1n) is 8.07. The van der Waals surface area contributed by atoms with Crippen molar-refractivity contribution in [2.24, 2.45) is 0 Å². The topological polar surface area (TPSA) is 85.1 Å². The van der Waals surface area contributed by atoms with Crippen molar-refractivity contribution < 1.29 is 4.79 Å². The van der Waals surface area contributed by atoms with E-state index in [1.54, 1.807) is 21.9 Å². The first kappa shape index (κ1) is 16.3. The van der Waals surface area contributed by atoms with Crippen LogP contribution in [0.2, 0.25) is 0 Å². The molecule has 0 saturated carbocycles. The summed E-state index contributed by atoms with van der Waals surface area (Å²) in [5, 5.41) is 15.0. The van der Waals surface area contributed by atoms with Crippen molar-refractivity contribution in [3.63, 3.8) is 0 Å². The molecule has 0 aliphatic heterocycles. The van der Waals surface area contributed by atoms with Gasteiger partial charge in [-0.3, -0.25) is 14.2 Å². The van der Waals surface area contributed by atoms with Crippen LogP contribution in [0.5, 0.6) is 0 Å². The molecule has 0 fully saturated rings. The maximum absolute atomic E-state index is 12.6. The highest BCUT2D eigenvalue weighted by atomic mass is 32.1. The smallest absolute Gasteiger partial charge is 0.289 e. The van der Waals surface area contributed by atoms with Gasteiger partial charge in [0.1, 0.15) is 0 Å². The lowest BCUT2D eigenvalue weighted by molar-refractivity contribution is 0.0939. The number of pyridine rings is 1. The standard InChI is InChI=1S/C18H16N6OS/c1-11-8-12(2)24-16(22-23-18(24)21-11)17(25)20-9-13-4-3-6-19-15(13)14-5-7-26-10-14/h3-8,10H,9H2,1-2H3,(H,20,25). The molecule has 0 unspecified atom stereocenters. The third kappa shape index (κ3) is 2.95. The summed E-state index contributed by atoms with van der Waals surface area (Å²) in [6.07, 6.45) is 1.75. The number of amides is 1. The summed E-state index contributed by atoms with van der Waals surface area (Å²) in [5.74, 6) is 0.352. The fourth-order valence-electron chi connectivity index (χ4n) is 2.87. The fourth-order valence-corrected chi connectivity index (χ4v) is 3.51. The van der Waals surface area contributed by atoms with Gasteiger partial charge in [0.15, 0.2) is 0 Å². The molecule has 0 radical (unpaired) electrons. The Morgan fingerprint density at radius 2 is 2.15 bits per heavy atom. The van der Waals surface area contributed by atoms with Crippen LogP contribution in [0, 0.1) is 13.8 Å². The van der Waals surface area contributed by atoms with Crippen molar-refractivity contribution in [3.8, 4) is 11.3 Å². The summed E-state index contributed by atoms with van der Waals surface area (Å²) >= 11 is 1.61. The number of carbonyl (C=O) groups excluding carboxylic acids is 1. The lowest BCUT2D eigenvalue weighted by Gasteiger charge is -2.09. The van der Waals surface area contributed by atoms with E-state index in [1.165, 1.54) is 0 Å². The molecule has 8 heteroatoms. The zero-order valence-corrected chi connectivity index (χ0v) is 15.1. The third-order valence-corrected chi connectivity index (χ3v) is 4.70. The number of hydrogen-bond acceptors (Lipinski definition) is 6. The molecule has 0 atom stereocenters. The molecule has 0 bridgehead atoms. The molecule has 130 valence electrons. The van der Waals surface area contributed by atoms with Crippen LogP contribution in [0.3, 0.4) is 0 Å². The molecule has 0 aromatic carbocycles. The van der Waals surface area contributed by atoms with Crippen LogP contribution in [0.25, 0.3) is 17.0 Å². The Labute approximate surface area is 153 Å². The van der Waals surface area contributed by atoms with Crippen molar-refractivity contribution in [2.75, 3.05) is 0 Å². The highest BCUT2D eigenvalue weighted by Gasteiger charge is 2.17. The Morgan fingerprint density at radius 1 is 1.27 bits per heavy atom. The van der Waals surface area contributed by atoms with Crippen molar-refractivity contribution in [1.29, 1.82) is 0 Å². The molecule has 4 aromatic rings. The van der Waals surface area contributed by atoms with Crippen LogP contribution in [-0.2, 0) is 6.54 Å². The lowest BCUT2D eigenvalue weighted by atomic mass is 10.1. The zero-order valence-electron chi connectivity index (χ0n) is 14.3. The minimum Gasteiger partial charge on any atom is -0.345 e. The van der Waals surface area contributed by atoms with E-state index in [0.717, 1.165) is 28.2 Å². The number of aryl methyl sites for hydroxylation is 2. The molecule has 0 saturated heterocycles. The molecule has 26 heavy (non-hydrogen) atoms. The van der Waals surface area contributed by atoms with E-state index in [2.05, 4.69) is 25.5 Å². The minimum absolute atomic E-state index is 0.228. The first-order chi connectivity index (χ1) is 12.6. The number of hydrogen-bond donors (Lipinski definition) is 1. The number of rotatable bonds is 4. The maximum Gasteiger partial charge on any atom is 0.289 e. The molecule has 0 aliphatic carbocycles. The summed E-state index contributed by atoms with van der Waals surface area (Å²) in [5.41, 5.74) is 4.56. The van der Waals surface area contributed by atoms with E-state index < -0.39 is 0 Å². The van der Waals surface area contributed by atoms with Gasteiger partial charge in [-0.15, -0.1) is 10.2 Å². The average Bonchev–Trinajstić information content (AvgIpc) is 3.29. The summed E-state index contributed by atoms with van der Waals surface area (Å²) in [6, 6.07) is 7.73. The summed E-state index contributed by atoms with van der Waals surface area (Å²) < 4.78 is 1.66. The molecule has 4 heterocycles. The second-order valence-electron chi connectivity index (χ2n) is 5.90. The second-order valence-corrected chi connectivity index (χ2v) is 6.68. The predicted molar refractivity (Wildman–Crippen MR) is 99.0 cm³/mol. The largest absolute Gasteiger partial charge is 0.345 e. The Kier molecular flexibility index (Phi) is 4.18. The van der Waals surface area contributed by atoms with Gasteiger partial charge in [-0.25, -0.2) is 4.98 Å². The van der Waals surface area contributed by atoms with Gasteiger partial charge >= 0.3 is 0 Å². The summed E-state index contributed by atoms with van der Waals surface area (Å²) in [4.78, 5) is 21.4. The molecular weight excluding hydrogens is 348 g/mol. The second kappa shape index (κ2) is 6.64. The number of thiophene rings is 1. The number of fused-ring (bicyclic) bond motifs is 1. The van der Waals surface area contributed by atoms with Crippen LogP contribution >= 0.6 is 11.3 Å². The van der Waals surface area contributed by atoms with Gasteiger partial charge in [0.2, 0.25) is 5.82 Å². The van der Waals surface area contributed by atoms with Gasteiger partial charge in [0.25, 0.3) is 11.7 Å². The number of nitrogens with zero attached hydrogens (tertiary/aromatic N) is 5. The Hall–Kier alpha value is -3.13. The van der Waals surface area contributed by atoms with Crippen molar-refractivity contribution in [3.05, 3.63) is 64.0 Å². The van der Waals surface area contributed by atoms with E-state index in [4.69, 9.17) is 0 Å². The summed E-state index contributed by atoms with van der Waals surface area (Å²) in [6.45, 7) is 4.14. The summed E-state index contributed by atoms with van der Waals surface area (Å²) in [7, 11) is 0. The van der Waals surface area contributed by atoms with Crippen LogP contribution in [0.15, 0.2) is 41.2 Å². The maximum atomic E-state index is 12.6. The molecule has 4 rings (SSSR count). The zero-order chi connectivity index (χ0) is 18.1. The van der Waals surface area contributed by atoms with Gasteiger partial charge in [0, 0.05) is 35.1 Å². The van der Waals surface area contributed by atoms with E-state index in [9.17, 15) is 4.79 Å². The molecule has 1 N–H and O–H groups in total. The van der Waals surface area contributed by atoms with Gasteiger partial charge < -0.3 is 5.32 Å². The number of aromatic nitrogens is 5.